The molecule has 0 aliphatic rings. The summed E-state index contributed by atoms with van der Waals surface area (Å²) in [4.78, 5) is 15.1. The number of esters is 1. The molecule has 2 heterocycles. The predicted octanol–water partition coefficient (Wildman–Crippen LogP) is 2.27. The zero-order chi connectivity index (χ0) is 11.5. The van der Waals surface area contributed by atoms with Gasteiger partial charge in [-0.25, -0.2) is 4.79 Å². The average Bonchev–Trinajstić information content (AvgIpc) is 2.85. The second-order valence-electron chi connectivity index (χ2n) is 2.75. The molecule has 2 aromatic heterocycles. The zero-order valence-corrected chi connectivity index (χ0v) is 9.85. The number of carbonyl (C=O) groups excluding carboxylic acids is 1. The maximum Gasteiger partial charge on any atom is 0.397 e. The standard InChI is InChI=1S/C9H7BrN2O4/c1-2-14-9(13)8-11-7(12-16-8)5-3-4-6(10)15-5/h3-4H,2H2,1H3. The molecule has 0 aliphatic heterocycles. The van der Waals surface area contributed by atoms with E-state index in [9.17, 15) is 4.79 Å². The highest BCUT2D eigenvalue weighted by molar-refractivity contribution is 9.10. The van der Waals surface area contributed by atoms with Crippen molar-refractivity contribution in [2.75, 3.05) is 6.61 Å². The molecule has 0 saturated carbocycles. The number of ether oxygens (including phenoxy) is 1. The van der Waals surface area contributed by atoms with E-state index < -0.39 is 5.97 Å². The quantitative estimate of drug-likeness (QED) is 0.806. The molecule has 0 saturated heterocycles. The summed E-state index contributed by atoms with van der Waals surface area (Å²) in [6, 6.07) is 3.35. The first-order chi connectivity index (χ1) is 7.70. The summed E-state index contributed by atoms with van der Waals surface area (Å²) in [5.41, 5.74) is 0. The van der Waals surface area contributed by atoms with Crippen LogP contribution in [0.4, 0.5) is 0 Å². The van der Waals surface area contributed by atoms with Gasteiger partial charge < -0.3 is 13.7 Å². The maximum absolute atomic E-state index is 11.2. The van der Waals surface area contributed by atoms with Gasteiger partial charge in [0, 0.05) is 0 Å². The highest BCUT2D eigenvalue weighted by Gasteiger charge is 2.18. The van der Waals surface area contributed by atoms with Crippen molar-refractivity contribution in [3.05, 3.63) is 22.7 Å². The fourth-order valence-electron chi connectivity index (χ4n) is 1.03. The van der Waals surface area contributed by atoms with Crippen LogP contribution in [0.1, 0.15) is 17.6 Å². The van der Waals surface area contributed by atoms with Gasteiger partial charge in [0.25, 0.3) is 0 Å². The Morgan fingerprint density at radius 1 is 1.56 bits per heavy atom. The van der Waals surface area contributed by atoms with E-state index in [-0.39, 0.29) is 18.3 Å². The first-order valence-electron chi connectivity index (χ1n) is 4.47. The third-order valence-electron chi connectivity index (χ3n) is 1.67. The van der Waals surface area contributed by atoms with Crippen LogP contribution in [0.2, 0.25) is 0 Å². The van der Waals surface area contributed by atoms with Gasteiger partial charge in [0.05, 0.1) is 6.61 Å². The Balaban J connectivity index is 2.22. The molecule has 0 bridgehead atoms. The largest absolute Gasteiger partial charge is 0.459 e. The van der Waals surface area contributed by atoms with Crippen molar-refractivity contribution in [3.8, 4) is 11.6 Å². The lowest BCUT2D eigenvalue weighted by Gasteiger charge is -1.93. The number of hydrogen-bond donors (Lipinski definition) is 0. The lowest BCUT2D eigenvalue weighted by Crippen LogP contribution is -2.04. The Kier molecular flexibility index (Phi) is 3.04. The Labute approximate surface area is 98.7 Å². The molecule has 0 amide bonds. The molecular weight excluding hydrogens is 280 g/mol. The molecule has 0 radical (unpaired) electrons. The van der Waals surface area contributed by atoms with E-state index in [1.165, 1.54) is 0 Å². The van der Waals surface area contributed by atoms with Gasteiger partial charge in [-0.15, -0.1) is 0 Å². The highest BCUT2D eigenvalue weighted by Crippen LogP contribution is 2.22. The SMILES string of the molecule is CCOC(=O)c1nc(-c2ccc(Br)o2)no1. The van der Waals surface area contributed by atoms with Crippen molar-refractivity contribution in [2.24, 2.45) is 0 Å². The number of carbonyl (C=O) groups is 1. The summed E-state index contributed by atoms with van der Waals surface area (Å²) < 4.78 is 15.2. The second kappa shape index (κ2) is 4.48. The third-order valence-corrected chi connectivity index (χ3v) is 2.10. The molecule has 0 aromatic carbocycles. The minimum absolute atomic E-state index is 0.190. The number of furan rings is 1. The summed E-state index contributed by atoms with van der Waals surface area (Å²) in [6.07, 6.45) is 0. The number of hydrogen-bond acceptors (Lipinski definition) is 6. The number of aromatic nitrogens is 2. The van der Waals surface area contributed by atoms with Gasteiger partial charge in [-0.3, -0.25) is 0 Å². The van der Waals surface area contributed by atoms with Gasteiger partial charge in [0.15, 0.2) is 10.4 Å². The van der Waals surface area contributed by atoms with Gasteiger partial charge in [-0.05, 0) is 35.0 Å². The van der Waals surface area contributed by atoms with Crippen molar-refractivity contribution in [1.82, 2.24) is 10.1 Å². The second-order valence-corrected chi connectivity index (χ2v) is 3.53. The summed E-state index contributed by atoms with van der Waals surface area (Å²) in [5.74, 6) is -0.226. The number of halogens is 1. The summed E-state index contributed by atoms with van der Waals surface area (Å²) >= 11 is 3.15. The Morgan fingerprint density at radius 3 is 3.00 bits per heavy atom. The molecule has 0 fully saturated rings. The molecule has 84 valence electrons. The van der Waals surface area contributed by atoms with Gasteiger partial charge in [0.1, 0.15) is 0 Å². The van der Waals surface area contributed by atoms with Crippen LogP contribution >= 0.6 is 15.9 Å². The van der Waals surface area contributed by atoms with E-state index in [0.717, 1.165) is 0 Å². The number of nitrogens with zero attached hydrogens (tertiary/aromatic N) is 2. The van der Waals surface area contributed by atoms with Crippen molar-refractivity contribution >= 4 is 21.9 Å². The molecule has 7 heteroatoms. The summed E-state index contributed by atoms with van der Waals surface area (Å²) in [5, 5.41) is 3.60. The average molecular weight is 287 g/mol. The first-order valence-corrected chi connectivity index (χ1v) is 5.26. The van der Waals surface area contributed by atoms with Crippen LogP contribution in [0, 0.1) is 0 Å². The Hall–Kier alpha value is -1.63. The van der Waals surface area contributed by atoms with Crippen LogP contribution < -0.4 is 0 Å². The molecule has 0 N–H and O–H groups in total. The topological polar surface area (TPSA) is 78.4 Å². The lowest BCUT2D eigenvalue weighted by atomic mass is 10.4. The molecule has 0 atom stereocenters. The molecule has 0 aliphatic carbocycles. The monoisotopic (exact) mass is 286 g/mol. The Bertz CT molecular complexity index is 505. The zero-order valence-electron chi connectivity index (χ0n) is 8.27. The van der Waals surface area contributed by atoms with E-state index in [0.29, 0.717) is 10.4 Å². The van der Waals surface area contributed by atoms with Crippen molar-refractivity contribution in [3.63, 3.8) is 0 Å². The van der Waals surface area contributed by atoms with Crippen molar-refractivity contribution in [2.45, 2.75) is 6.92 Å². The molecule has 2 aromatic rings. The fraction of sp³-hybridized carbons (Fsp3) is 0.222. The van der Waals surface area contributed by atoms with Crippen molar-refractivity contribution < 1.29 is 18.5 Å². The van der Waals surface area contributed by atoms with Crippen LogP contribution in [0.5, 0.6) is 0 Å². The Morgan fingerprint density at radius 2 is 2.38 bits per heavy atom. The first kappa shape index (κ1) is 10.9. The van der Waals surface area contributed by atoms with Crippen LogP contribution in [0.3, 0.4) is 0 Å². The number of rotatable bonds is 3. The van der Waals surface area contributed by atoms with Crippen LogP contribution in [0.25, 0.3) is 11.6 Å². The van der Waals surface area contributed by atoms with Crippen LogP contribution in [-0.4, -0.2) is 22.7 Å². The minimum atomic E-state index is -0.646. The van der Waals surface area contributed by atoms with E-state index in [2.05, 4.69) is 26.1 Å². The molecule has 0 spiro atoms. The smallest absolute Gasteiger partial charge is 0.397 e. The van der Waals surface area contributed by atoms with Gasteiger partial charge >= 0.3 is 11.9 Å². The molecule has 2 rings (SSSR count). The van der Waals surface area contributed by atoms with Gasteiger partial charge in [-0.2, -0.15) is 4.98 Å². The fourth-order valence-corrected chi connectivity index (χ4v) is 1.34. The van der Waals surface area contributed by atoms with Crippen LogP contribution in [-0.2, 0) is 4.74 Å². The summed E-state index contributed by atoms with van der Waals surface area (Å²) in [7, 11) is 0. The molecule has 6 nitrogen and oxygen atoms in total. The van der Waals surface area contributed by atoms with Crippen LogP contribution in [0.15, 0.2) is 25.7 Å². The summed E-state index contributed by atoms with van der Waals surface area (Å²) in [6.45, 7) is 1.95. The predicted molar refractivity (Wildman–Crippen MR) is 55.7 cm³/mol. The molecular formula is C9H7BrN2O4. The van der Waals surface area contributed by atoms with E-state index in [1.807, 2.05) is 0 Å². The lowest BCUT2D eigenvalue weighted by molar-refractivity contribution is 0.0470. The third kappa shape index (κ3) is 2.13. The molecule has 0 unspecified atom stereocenters. The highest BCUT2D eigenvalue weighted by atomic mass is 79.9. The normalized spacial score (nSPS) is 10.4. The molecule has 16 heavy (non-hydrogen) atoms. The maximum atomic E-state index is 11.2. The minimum Gasteiger partial charge on any atom is -0.459 e. The van der Waals surface area contributed by atoms with E-state index in [4.69, 9.17) is 13.7 Å². The van der Waals surface area contributed by atoms with Gasteiger partial charge in [0.2, 0.25) is 5.82 Å². The van der Waals surface area contributed by atoms with E-state index in [1.54, 1.807) is 19.1 Å². The van der Waals surface area contributed by atoms with Gasteiger partial charge in [-0.1, -0.05) is 5.16 Å². The van der Waals surface area contributed by atoms with Crippen molar-refractivity contribution in [1.29, 1.82) is 0 Å². The van der Waals surface area contributed by atoms with E-state index >= 15 is 0 Å².